The Hall–Kier alpha value is -3.41. The van der Waals surface area contributed by atoms with Gasteiger partial charge in [-0.1, -0.05) is 53.7 Å². The van der Waals surface area contributed by atoms with Crippen LogP contribution in [0.1, 0.15) is 48.9 Å². The van der Waals surface area contributed by atoms with Crippen molar-refractivity contribution in [3.05, 3.63) is 71.4 Å². The van der Waals surface area contributed by atoms with Gasteiger partial charge in [0, 0.05) is 36.4 Å². The highest BCUT2D eigenvalue weighted by molar-refractivity contribution is 6.25. The number of nitrogens with one attached hydrogen (secondary N) is 1. The molecule has 0 saturated carbocycles. The summed E-state index contributed by atoms with van der Waals surface area (Å²) in [6, 6.07) is 18.3. The van der Waals surface area contributed by atoms with Crippen LogP contribution in [-0.4, -0.2) is 40.3 Å². The Balaban J connectivity index is 1.32. The van der Waals surface area contributed by atoms with Crippen molar-refractivity contribution >= 4 is 28.7 Å². The molecule has 0 saturated heterocycles. The summed E-state index contributed by atoms with van der Waals surface area (Å²) in [4.78, 5) is 19.0. The summed E-state index contributed by atoms with van der Waals surface area (Å²) in [5.41, 5.74) is 6.04. The lowest BCUT2D eigenvalue weighted by Crippen LogP contribution is -2.32. The number of oxime groups is 1. The Morgan fingerprint density at radius 2 is 1.82 bits per heavy atom. The molecule has 0 aliphatic heterocycles. The van der Waals surface area contributed by atoms with E-state index < -0.39 is 0 Å². The van der Waals surface area contributed by atoms with Crippen molar-refractivity contribution in [1.82, 2.24) is 9.88 Å². The molecule has 3 aromatic rings. The fourth-order valence-corrected chi connectivity index (χ4v) is 4.59. The molecule has 4 rings (SSSR count). The van der Waals surface area contributed by atoms with Crippen molar-refractivity contribution in [2.75, 3.05) is 18.4 Å². The van der Waals surface area contributed by atoms with Gasteiger partial charge < -0.3 is 15.4 Å². The van der Waals surface area contributed by atoms with E-state index in [1.807, 2.05) is 30.3 Å². The smallest absolute Gasteiger partial charge is 0.268 e. The van der Waals surface area contributed by atoms with E-state index in [4.69, 9.17) is 10.2 Å². The molecule has 2 N–H and O–H groups in total. The molecule has 0 radical (unpaired) electrons. The maximum absolute atomic E-state index is 12.3. The molecule has 1 amide bonds. The summed E-state index contributed by atoms with van der Waals surface area (Å²) >= 11 is 0. The Labute approximate surface area is 195 Å². The molecule has 0 bridgehead atoms. The number of nitrogens with zero attached hydrogens (tertiary/aromatic N) is 3. The number of fused-ring (bicyclic) bond motifs is 2. The second-order valence-electron chi connectivity index (χ2n) is 8.61. The van der Waals surface area contributed by atoms with E-state index in [0.717, 1.165) is 55.9 Å². The van der Waals surface area contributed by atoms with Crippen molar-refractivity contribution in [3.63, 3.8) is 0 Å². The second-order valence-corrected chi connectivity index (χ2v) is 8.61. The number of anilines is 1. The number of aryl methyl sites for hydroxylation is 1. The summed E-state index contributed by atoms with van der Waals surface area (Å²) < 4.78 is 0. The second kappa shape index (κ2) is 11.5. The normalized spacial score (nSPS) is 13.2. The highest BCUT2D eigenvalue weighted by atomic mass is 16.4. The quantitative estimate of drug-likeness (QED) is 0.195. The van der Waals surface area contributed by atoms with Crippen molar-refractivity contribution in [2.45, 2.75) is 51.5 Å². The molecule has 33 heavy (non-hydrogen) atoms. The summed E-state index contributed by atoms with van der Waals surface area (Å²) in [6.45, 7) is 2.04. The molecule has 1 aliphatic rings. The first-order valence-electron chi connectivity index (χ1n) is 11.9. The van der Waals surface area contributed by atoms with Crippen LogP contribution in [0, 0.1) is 0 Å². The lowest BCUT2D eigenvalue weighted by Gasteiger charge is -2.22. The standard InChI is InChI=1S/C27H32N4O2/c32-26(19-29-33)31(20-21-11-3-1-4-12-21)18-10-2-9-17-28-27-22-13-5-7-15-24(22)30-25-16-8-6-14-23(25)27/h1,3-5,7,11-13,15,19,33H,2,6,8-10,14,16-18,20H2,(H,28,30). The number of para-hydroxylation sites is 1. The Morgan fingerprint density at radius 1 is 1.03 bits per heavy atom. The van der Waals surface area contributed by atoms with E-state index in [2.05, 4.69) is 34.7 Å². The van der Waals surface area contributed by atoms with Crippen molar-refractivity contribution in [1.29, 1.82) is 0 Å². The third kappa shape index (κ3) is 5.89. The molecule has 0 fully saturated rings. The number of carbonyl (C=O) groups excluding carboxylic acids is 1. The lowest BCUT2D eigenvalue weighted by molar-refractivity contribution is -0.124. The minimum Gasteiger partial charge on any atom is -0.411 e. The topological polar surface area (TPSA) is 77.8 Å². The molecule has 6 heteroatoms. The number of benzene rings is 2. The van der Waals surface area contributed by atoms with E-state index in [1.165, 1.54) is 35.2 Å². The molecule has 1 heterocycles. The summed E-state index contributed by atoms with van der Waals surface area (Å²) in [7, 11) is 0. The Kier molecular flexibility index (Phi) is 7.90. The molecule has 172 valence electrons. The van der Waals surface area contributed by atoms with Crippen LogP contribution in [0.2, 0.25) is 0 Å². The zero-order chi connectivity index (χ0) is 22.9. The average molecular weight is 445 g/mol. The first kappa shape index (κ1) is 22.8. The fraction of sp³-hybridized carbons (Fsp3) is 0.370. The van der Waals surface area contributed by atoms with Gasteiger partial charge in [-0.15, -0.1) is 0 Å². The zero-order valence-electron chi connectivity index (χ0n) is 19.0. The largest absolute Gasteiger partial charge is 0.411 e. The molecule has 1 aliphatic carbocycles. The molecular formula is C27H32N4O2. The lowest BCUT2D eigenvalue weighted by atomic mass is 9.92. The first-order chi connectivity index (χ1) is 16.3. The van der Waals surface area contributed by atoms with Gasteiger partial charge in [0.15, 0.2) is 0 Å². The Morgan fingerprint density at radius 3 is 2.67 bits per heavy atom. The summed E-state index contributed by atoms with van der Waals surface area (Å²) in [6.07, 6.45) is 8.51. The molecule has 0 spiro atoms. The number of rotatable bonds is 10. The number of amides is 1. The SMILES string of the molecule is O=C(C=NO)N(CCCCCNc1c2c(nc3ccccc13)CCCC2)Cc1ccccc1. The Bertz CT molecular complexity index is 1100. The van der Waals surface area contributed by atoms with Crippen LogP contribution in [0.3, 0.4) is 0 Å². The van der Waals surface area contributed by atoms with Crippen LogP contribution in [0.5, 0.6) is 0 Å². The van der Waals surface area contributed by atoms with Gasteiger partial charge in [0.2, 0.25) is 0 Å². The number of pyridine rings is 1. The number of unbranched alkanes of at least 4 members (excludes halogenated alkanes) is 2. The minimum atomic E-state index is -0.269. The van der Waals surface area contributed by atoms with Crippen LogP contribution in [-0.2, 0) is 24.2 Å². The fourth-order valence-electron chi connectivity index (χ4n) is 4.59. The van der Waals surface area contributed by atoms with Gasteiger partial charge in [0.25, 0.3) is 5.91 Å². The molecule has 0 atom stereocenters. The van der Waals surface area contributed by atoms with Gasteiger partial charge in [-0.05, 0) is 62.1 Å². The van der Waals surface area contributed by atoms with Crippen molar-refractivity contribution in [3.8, 4) is 0 Å². The number of aromatic nitrogens is 1. The third-order valence-electron chi connectivity index (χ3n) is 6.27. The van der Waals surface area contributed by atoms with Gasteiger partial charge in [0.1, 0.15) is 6.21 Å². The van der Waals surface area contributed by atoms with Crippen molar-refractivity contribution < 1.29 is 10.0 Å². The maximum Gasteiger partial charge on any atom is 0.268 e. The maximum atomic E-state index is 12.3. The third-order valence-corrected chi connectivity index (χ3v) is 6.27. The van der Waals surface area contributed by atoms with Crippen LogP contribution < -0.4 is 5.32 Å². The summed E-state index contributed by atoms with van der Waals surface area (Å²) in [5.74, 6) is -0.269. The number of hydrogen-bond acceptors (Lipinski definition) is 5. The molecular weight excluding hydrogens is 412 g/mol. The van der Waals surface area contributed by atoms with Crippen LogP contribution >= 0.6 is 0 Å². The van der Waals surface area contributed by atoms with Crippen LogP contribution in [0.4, 0.5) is 5.69 Å². The van der Waals surface area contributed by atoms with Crippen molar-refractivity contribution in [2.24, 2.45) is 5.16 Å². The minimum absolute atomic E-state index is 0.269. The predicted octanol–water partition coefficient (Wildman–Crippen LogP) is 5.18. The van der Waals surface area contributed by atoms with E-state index in [-0.39, 0.29) is 5.91 Å². The molecule has 0 unspecified atom stereocenters. The molecule has 6 nitrogen and oxygen atoms in total. The van der Waals surface area contributed by atoms with E-state index in [1.54, 1.807) is 4.90 Å². The zero-order valence-corrected chi connectivity index (χ0v) is 19.0. The first-order valence-corrected chi connectivity index (χ1v) is 11.9. The average Bonchev–Trinajstić information content (AvgIpc) is 2.85. The number of hydrogen-bond donors (Lipinski definition) is 2. The van der Waals surface area contributed by atoms with E-state index in [0.29, 0.717) is 13.1 Å². The van der Waals surface area contributed by atoms with Gasteiger partial charge in [-0.2, -0.15) is 0 Å². The van der Waals surface area contributed by atoms with Crippen LogP contribution in [0.25, 0.3) is 10.9 Å². The monoisotopic (exact) mass is 444 g/mol. The van der Waals surface area contributed by atoms with Crippen LogP contribution in [0.15, 0.2) is 59.8 Å². The van der Waals surface area contributed by atoms with E-state index >= 15 is 0 Å². The highest BCUT2D eigenvalue weighted by Crippen LogP contribution is 2.33. The van der Waals surface area contributed by atoms with Gasteiger partial charge in [-0.3, -0.25) is 9.78 Å². The number of carbonyl (C=O) groups is 1. The highest BCUT2D eigenvalue weighted by Gasteiger charge is 2.18. The predicted molar refractivity (Wildman–Crippen MR) is 133 cm³/mol. The molecule has 2 aromatic carbocycles. The summed E-state index contributed by atoms with van der Waals surface area (Å²) in [5, 5.41) is 16.6. The van der Waals surface area contributed by atoms with Gasteiger partial charge in [0.05, 0.1) is 5.52 Å². The molecule has 1 aromatic heterocycles. The van der Waals surface area contributed by atoms with Gasteiger partial charge in [-0.25, -0.2) is 0 Å². The van der Waals surface area contributed by atoms with Gasteiger partial charge >= 0.3 is 0 Å². The van der Waals surface area contributed by atoms with E-state index in [9.17, 15) is 4.79 Å².